The summed E-state index contributed by atoms with van der Waals surface area (Å²) in [6.45, 7) is 5.74. The topological polar surface area (TPSA) is 125 Å². The number of nitrogens with one attached hydrogen (secondary N) is 1. The van der Waals surface area contributed by atoms with Gasteiger partial charge in [-0.05, 0) is 55.6 Å². The summed E-state index contributed by atoms with van der Waals surface area (Å²) < 4.78 is 6.61. The molecule has 0 bridgehead atoms. The highest BCUT2D eigenvalue weighted by Crippen LogP contribution is 2.31. The van der Waals surface area contributed by atoms with Crippen LogP contribution in [0.3, 0.4) is 0 Å². The molecule has 0 aliphatic rings. The molecule has 0 aliphatic carbocycles. The summed E-state index contributed by atoms with van der Waals surface area (Å²) >= 11 is 0. The van der Waals surface area contributed by atoms with Crippen molar-refractivity contribution in [2.24, 2.45) is 9.98 Å². The number of aromatic amines is 1. The highest BCUT2D eigenvalue weighted by molar-refractivity contribution is 5.84. The Kier molecular flexibility index (Phi) is 7.10. The lowest BCUT2D eigenvalue weighted by molar-refractivity contribution is 0.414. The van der Waals surface area contributed by atoms with Crippen molar-refractivity contribution in [2.45, 2.75) is 13.5 Å². The second-order valence-electron chi connectivity index (χ2n) is 7.10. The monoisotopic (exact) mass is 443 g/mol. The number of nitrogens with zero attached hydrogens (tertiary/aromatic N) is 5. The van der Waals surface area contributed by atoms with Gasteiger partial charge in [-0.2, -0.15) is 5.26 Å². The third-order valence-electron chi connectivity index (χ3n) is 5.12. The third kappa shape index (κ3) is 5.02. The SMILES string of the molecule is C=Nc1ccc(C#N)cc1N(C)C(=C/C)/N=C\c1[nH]c(=O)n(Cc2ccc(OC)cc2)c1N. The van der Waals surface area contributed by atoms with Gasteiger partial charge in [-0.25, -0.2) is 9.79 Å². The van der Waals surface area contributed by atoms with Gasteiger partial charge in [0.1, 0.15) is 23.1 Å². The Morgan fingerprint density at radius 3 is 2.67 bits per heavy atom. The Morgan fingerprint density at radius 1 is 1.33 bits per heavy atom. The van der Waals surface area contributed by atoms with Crippen molar-refractivity contribution in [3.05, 3.63) is 81.7 Å². The summed E-state index contributed by atoms with van der Waals surface area (Å²) in [6.07, 6.45) is 3.30. The molecule has 0 aliphatic heterocycles. The van der Waals surface area contributed by atoms with Crippen LogP contribution in [0.15, 0.2) is 69.1 Å². The van der Waals surface area contributed by atoms with Crippen LogP contribution in [0.25, 0.3) is 0 Å². The number of ether oxygens (including phenoxy) is 1. The zero-order valence-electron chi connectivity index (χ0n) is 18.7. The molecule has 33 heavy (non-hydrogen) atoms. The highest BCUT2D eigenvalue weighted by Gasteiger charge is 2.13. The summed E-state index contributed by atoms with van der Waals surface area (Å²) in [6, 6.07) is 14.6. The van der Waals surface area contributed by atoms with Crippen molar-refractivity contribution in [2.75, 3.05) is 24.8 Å². The standard InChI is InChI=1S/C24H25N7O2/c1-5-22(30(3)21-12-17(13-25)8-11-19(21)27-2)28-14-20-23(26)31(24(32)29-20)15-16-6-9-18(33-4)10-7-16/h5-12,14H,2,15,26H2,1,3-4H3,(H,29,32)/b22-5+,28-14-. The van der Waals surface area contributed by atoms with Crippen LogP contribution < -0.4 is 21.1 Å². The van der Waals surface area contributed by atoms with E-state index in [4.69, 9.17) is 10.5 Å². The van der Waals surface area contributed by atoms with E-state index in [-0.39, 0.29) is 11.5 Å². The Labute approximate surface area is 191 Å². The molecule has 0 fully saturated rings. The van der Waals surface area contributed by atoms with Gasteiger partial charge in [-0.15, -0.1) is 0 Å². The zero-order valence-corrected chi connectivity index (χ0v) is 18.7. The third-order valence-corrected chi connectivity index (χ3v) is 5.12. The maximum Gasteiger partial charge on any atom is 0.327 e. The largest absolute Gasteiger partial charge is 0.497 e. The average molecular weight is 444 g/mol. The first kappa shape index (κ1) is 23.1. The smallest absolute Gasteiger partial charge is 0.327 e. The highest BCUT2D eigenvalue weighted by atomic mass is 16.5. The summed E-state index contributed by atoms with van der Waals surface area (Å²) in [4.78, 5) is 25.5. The molecule has 168 valence electrons. The van der Waals surface area contributed by atoms with Crippen LogP contribution in [-0.4, -0.2) is 36.6 Å². The van der Waals surface area contributed by atoms with Crippen molar-refractivity contribution in [3.63, 3.8) is 0 Å². The maximum absolute atomic E-state index is 12.5. The zero-order chi connectivity index (χ0) is 24.0. The summed E-state index contributed by atoms with van der Waals surface area (Å²) in [7, 11) is 3.40. The van der Waals surface area contributed by atoms with Crippen molar-refractivity contribution < 1.29 is 4.74 Å². The van der Waals surface area contributed by atoms with Gasteiger partial charge in [-0.3, -0.25) is 9.56 Å². The number of benzene rings is 2. The maximum atomic E-state index is 12.5. The van der Waals surface area contributed by atoms with Gasteiger partial charge >= 0.3 is 5.69 Å². The van der Waals surface area contributed by atoms with Gasteiger partial charge in [0.05, 0.1) is 42.9 Å². The predicted octanol–water partition coefficient (Wildman–Crippen LogP) is 3.44. The molecule has 3 N–H and O–H groups in total. The van der Waals surface area contributed by atoms with Gasteiger partial charge in [0.2, 0.25) is 0 Å². The molecule has 9 heteroatoms. The minimum absolute atomic E-state index is 0.276. The fourth-order valence-electron chi connectivity index (χ4n) is 3.27. The van der Waals surface area contributed by atoms with Gasteiger partial charge in [-0.1, -0.05) is 12.1 Å². The Bertz CT molecular complexity index is 1310. The minimum Gasteiger partial charge on any atom is -0.497 e. The van der Waals surface area contributed by atoms with Gasteiger partial charge in [0.15, 0.2) is 0 Å². The van der Waals surface area contributed by atoms with Crippen LogP contribution in [0.4, 0.5) is 17.2 Å². The lowest BCUT2D eigenvalue weighted by Gasteiger charge is -2.21. The van der Waals surface area contributed by atoms with Crippen molar-refractivity contribution in [1.82, 2.24) is 9.55 Å². The summed E-state index contributed by atoms with van der Waals surface area (Å²) in [5.74, 6) is 1.58. The normalized spacial score (nSPS) is 11.4. The number of methoxy groups -OCH3 is 1. The number of allylic oxidation sites excluding steroid dienone is 1. The number of aromatic nitrogens is 2. The Balaban J connectivity index is 1.86. The average Bonchev–Trinajstić information content (AvgIpc) is 3.11. The molecule has 0 saturated heterocycles. The fourth-order valence-corrected chi connectivity index (χ4v) is 3.27. The van der Waals surface area contributed by atoms with Crippen molar-refractivity contribution in [3.8, 4) is 11.8 Å². The molecule has 3 rings (SSSR count). The van der Waals surface area contributed by atoms with E-state index in [1.165, 1.54) is 10.8 Å². The number of nitrogens with two attached hydrogens (primary N) is 1. The van der Waals surface area contributed by atoms with Crippen LogP contribution >= 0.6 is 0 Å². The van der Waals surface area contributed by atoms with Crippen molar-refractivity contribution in [1.29, 1.82) is 5.26 Å². The van der Waals surface area contributed by atoms with Crippen LogP contribution in [0.2, 0.25) is 0 Å². The number of rotatable bonds is 8. The van der Waals surface area contributed by atoms with Crippen LogP contribution in [0, 0.1) is 11.3 Å². The Hall–Kier alpha value is -4.58. The number of nitriles is 1. The quantitative estimate of drug-likeness (QED) is 0.516. The van der Waals surface area contributed by atoms with E-state index in [9.17, 15) is 10.1 Å². The molecule has 0 unspecified atom stereocenters. The van der Waals surface area contributed by atoms with Crippen molar-refractivity contribution >= 4 is 30.1 Å². The number of nitrogen functional groups attached to an aromatic ring is 1. The molecule has 0 spiro atoms. The Morgan fingerprint density at radius 2 is 2.06 bits per heavy atom. The van der Waals surface area contributed by atoms with E-state index in [1.807, 2.05) is 31.2 Å². The van der Waals surface area contributed by atoms with E-state index in [0.29, 0.717) is 35.0 Å². The molecule has 1 aromatic heterocycles. The molecule has 3 aromatic rings. The number of aliphatic imine (C=N–C) groups is 2. The summed E-state index contributed by atoms with van der Waals surface area (Å²) in [5, 5.41) is 9.23. The molecular weight excluding hydrogens is 418 g/mol. The molecule has 1 heterocycles. The number of anilines is 2. The van der Waals surface area contributed by atoms with E-state index in [2.05, 4.69) is 27.8 Å². The molecule has 9 nitrogen and oxygen atoms in total. The van der Waals surface area contributed by atoms with Gasteiger partial charge in [0.25, 0.3) is 0 Å². The van der Waals surface area contributed by atoms with Crippen LogP contribution in [-0.2, 0) is 6.54 Å². The first-order valence-electron chi connectivity index (χ1n) is 10.1. The fraction of sp³-hybridized carbons (Fsp3) is 0.167. The molecule has 0 saturated carbocycles. The number of imidazole rings is 1. The van der Waals surface area contributed by atoms with Gasteiger partial charge < -0.3 is 20.4 Å². The van der Waals surface area contributed by atoms with E-state index in [0.717, 1.165) is 11.3 Å². The second-order valence-corrected chi connectivity index (χ2v) is 7.10. The van der Waals surface area contributed by atoms with Crippen LogP contribution in [0.5, 0.6) is 5.75 Å². The molecule has 0 amide bonds. The van der Waals surface area contributed by atoms with E-state index in [1.54, 1.807) is 43.3 Å². The van der Waals surface area contributed by atoms with E-state index >= 15 is 0 Å². The first-order valence-corrected chi connectivity index (χ1v) is 10.1. The first-order chi connectivity index (χ1) is 15.9. The molecular formula is C24H25N7O2. The lowest BCUT2D eigenvalue weighted by atomic mass is 10.1. The minimum atomic E-state index is -0.333. The molecule has 2 aromatic carbocycles. The number of H-pyrrole nitrogens is 1. The van der Waals surface area contributed by atoms with Gasteiger partial charge in [0, 0.05) is 7.05 Å². The summed E-state index contributed by atoms with van der Waals surface area (Å²) in [5.41, 5.74) is 8.98. The second kappa shape index (κ2) is 10.2. The van der Waals surface area contributed by atoms with Crippen LogP contribution in [0.1, 0.15) is 23.7 Å². The molecule has 0 radical (unpaired) electrons. The predicted molar refractivity (Wildman–Crippen MR) is 132 cm³/mol. The van der Waals surface area contributed by atoms with E-state index < -0.39 is 0 Å². The number of hydrogen-bond donors (Lipinski definition) is 2. The molecule has 0 atom stereocenters. The number of hydrogen-bond acceptors (Lipinski definition) is 7. The lowest BCUT2D eigenvalue weighted by Crippen LogP contribution is -2.19.